The number of hydrogen-bond donors (Lipinski definition) is 1. The zero-order chi connectivity index (χ0) is 12.8. The predicted octanol–water partition coefficient (Wildman–Crippen LogP) is 3.28. The zero-order valence-electron chi connectivity index (χ0n) is 10.6. The van der Waals surface area contributed by atoms with E-state index >= 15 is 0 Å². The zero-order valence-corrected chi connectivity index (χ0v) is 10.6. The molecule has 92 valence electrons. The summed E-state index contributed by atoms with van der Waals surface area (Å²) in [6.45, 7) is 6.43. The molecule has 0 unspecified atom stereocenters. The summed E-state index contributed by atoms with van der Waals surface area (Å²) in [6.07, 6.45) is 0.709. The Morgan fingerprint density at radius 1 is 1.24 bits per heavy atom. The van der Waals surface area contributed by atoms with Gasteiger partial charge in [0, 0.05) is 17.9 Å². The second kappa shape index (κ2) is 6.09. The highest BCUT2D eigenvalue weighted by atomic mass is 16.4. The van der Waals surface area contributed by atoms with Crippen LogP contribution in [0.1, 0.15) is 27.2 Å². The van der Waals surface area contributed by atoms with Crippen molar-refractivity contribution in [1.82, 2.24) is 0 Å². The van der Waals surface area contributed by atoms with E-state index in [1.165, 1.54) is 0 Å². The van der Waals surface area contributed by atoms with Crippen molar-refractivity contribution >= 4 is 11.7 Å². The van der Waals surface area contributed by atoms with E-state index in [0.717, 1.165) is 17.9 Å². The highest BCUT2D eigenvalue weighted by Crippen LogP contribution is 2.22. The van der Waals surface area contributed by atoms with Gasteiger partial charge in [0.15, 0.2) is 0 Å². The van der Waals surface area contributed by atoms with Crippen LogP contribution in [0.5, 0.6) is 0 Å². The van der Waals surface area contributed by atoms with Crippen molar-refractivity contribution in [3.8, 4) is 0 Å². The van der Waals surface area contributed by atoms with Crippen molar-refractivity contribution in [2.75, 3.05) is 11.4 Å². The molecule has 0 saturated heterocycles. The molecule has 3 nitrogen and oxygen atoms in total. The van der Waals surface area contributed by atoms with Crippen molar-refractivity contribution in [3.05, 3.63) is 41.6 Å². The van der Waals surface area contributed by atoms with Gasteiger partial charge in [0.25, 0.3) is 0 Å². The first-order chi connectivity index (χ1) is 8.11. The summed E-state index contributed by atoms with van der Waals surface area (Å²) < 4.78 is 0. The Balaban J connectivity index is 3.17. The minimum atomic E-state index is -0.851. The molecule has 0 aliphatic heterocycles. The summed E-state index contributed by atoms with van der Waals surface area (Å²) in [4.78, 5) is 13.1. The van der Waals surface area contributed by atoms with Gasteiger partial charge in [-0.1, -0.05) is 25.1 Å². The number of hydrogen-bond acceptors (Lipinski definition) is 2. The van der Waals surface area contributed by atoms with Crippen molar-refractivity contribution in [1.29, 1.82) is 0 Å². The lowest BCUT2D eigenvalue weighted by Gasteiger charge is -2.26. The van der Waals surface area contributed by atoms with Crippen LogP contribution in [0, 0.1) is 0 Å². The second-order valence-corrected chi connectivity index (χ2v) is 3.81. The van der Waals surface area contributed by atoms with Crippen LogP contribution in [0.15, 0.2) is 41.6 Å². The second-order valence-electron chi connectivity index (χ2n) is 3.81. The first kappa shape index (κ1) is 13.3. The Kier molecular flexibility index (Phi) is 4.76. The monoisotopic (exact) mass is 233 g/mol. The molecule has 0 fully saturated rings. The molecule has 0 saturated carbocycles. The van der Waals surface area contributed by atoms with Crippen LogP contribution in [-0.4, -0.2) is 17.6 Å². The van der Waals surface area contributed by atoms with E-state index in [2.05, 4.69) is 0 Å². The molecule has 0 aliphatic rings. The standard InChI is InChI=1S/C14H19NO2/c1-4-13(11(3)14(16)17)15(5-2)12-9-7-6-8-10-12/h6-10H,4-5H2,1-3H3,(H,16,17)/b13-11+. The van der Waals surface area contributed by atoms with Gasteiger partial charge in [0.1, 0.15) is 0 Å². The summed E-state index contributed by atoms with van der Waals surface area (Å²) in [5.74, 6) is -0.851. The molecule has 1 rings (SSSR count). The largest absolute Gasteiger partial charge is 0.478 e. The smallest absolute Gasteiger partial charge is 0.333 e. The molecule has 1 aromatic carbocycles. The number of carboxylic acids is 1. The molecular weight excluding hydrogens is 214 g/mol. The first-order valence-electron chi connectivity index (χ1n) is 5.87. The number of carboxylic acid groups (broad SMARTS) is 1. The van der Waals surface area contributed by atoms with Crippen molar-refractivity contribution in [2.45, 2.75) is 27.2 Å². The van der Waals surface area contributed by atoms with Gasteiger partial charge in [0.2, 0.25) is 0 Å². The van der Waals surface area contributed by atoms with Gasteiger partial charge in [-0.3, -0.25) is 0 Å². The third kappa shape index (κ3) is 3.09. The van der Waals surface area contributed by atoms with Crippen molar-refractivity contribution < 1.29 is 9.90 Å². The Labute approximate surface area is 102 Å². The third-order valence-electron chi connectivity index (χ3n) is 2.80. The number of para-hydroxylation sites is 1. The van der Waals surface area contributed by atoms with Gasteiger partial charge in [-0.2, -0.15) is 0 Å². The molecule has 0 atom stereocenters. The van der Waals surface area contributed by atoms with Gasteiger partial charge >= 0.3 is 5.97 Å². The fraction of sp³-hybridized carbons (Fsp3) is 0.357. The summed E-state index contributed by atoms with van der Waals surface area (Å²) in [7, 11) is 0. The summed E-state index contributed by atoms with van der Waals surface area (Å²) in [6, 6.07) is 9.86. The SMILES string of the molecule is CC/C(=C(/C)C(=O)O)N(CC)c1ccccc1. The van der Waals surface area contributed by atoms with E-state index in [1.54, 1.807) is 6.92 Å². The summed E-state index contributed by atoms with van der Waals surface area (Å²) in [5.41, 5.74) is 2.32. The quantitative estimate of drug-likeness (QED) is 0.793. The van der Waals surface area contributed by atoms with Crippen LogP contribution in [-0.2, 0) is 4.79 Å². The molecule has 1 N–H and O–H groups in total. The van der Waals surface area contributed by atoms with Crippen LogP contribution < -0.4 is 4.90 Å². The van der Waals surface area contributed by atoms with E-state index in [-0.39, 0.29) is 0 Å². The molecule has 0 radical (unpaired) electrons. The Morgan fingerprint density at radius 2 is 1.82 bits per heavy atom. The molecule has 1 aromatic rings. The molecule has 3 heteroatoms. The fourth-order valence-corrected chi connectivity index (χ4v) is 1.92. The molecule has 0 spiro atoms. The lowest BCUT2D eigenvalue weighted by molar-refractivity contribution is -0.132. The summed E-state index contributed by atoms with van der Waals surface area (Å²) in [5, 5.41) is 9.09. The number of nitrogens with zero attached hydrogens (tertiary/aromatic N) is 1. The van der Waals surface area contributed by atoms with Crippen molar-refractivity contribution in [2.24, 2.45) is 0 Å². The number of benzene rings is 1. The van der Waals surface area contributed by atoms with E-state index < -0.39 is 5.97 Å². The maximum Gasteiger partial charge on any atom is 0.333 e. The Bertz CT molecular complexity index is 409. The molecule has 17 heavy (non-hydrogen) atoms. The molecule has 0 amide bonds. The maximum atomic E-state index is 11.1. The Morgan fingerprint density at radius 3 is 2.24 bits per heavy atom. The number of anilines is 1. The lowest BCUT2D eigenvalue weighted by atomic mass is 10.1. The van der Waals surface area contributed by atoms with E-state index in [0.29, 0.717) is 12.0 Å². The topological polar surface area (TPSA) is 40.5 Å². The minimum absolute atomic E-state index is 0.415. The first-order valence-corrected chi connectivity index (χ1v) is 5.87. The van der Waals surface area contributed by atoms with Crippen molar-refractivity contribution in [3.63, 3.8) is 0 Å². The average Bonchev–Trinajstić information content (AvgIpc) is 2.35. The Hall–Kier alpha value is -1.77. The highest BCUT2D eigenvalue weighted by Gasteiger charge is 2.14. The number of aliphatic carboxylic acids is 1. The van der Waals surface area contributed by atoms with Crippen LogP contribution in [0.2, 0.25) is 0 Å². The van der Waals surface area contributed by atoms with Crippen LogP contribution >= 0.6 is 0 Å². The van der Waals surface area contributed by atoms with Crippen LogP contribution in [0.25, 0.3) is 0 Å². The molecular formula is C14H19NO2. The van der Waals surface area contributed by atoms with E-state index in [1.807, 2.05) is 49.1 Å². The normalized spacial score (nSPS) is 11.9. The molecule has 0 aliphatic carbocycles. The molecule has 0 heterocycles. The van der Waals surface area contributed by atoms with Gasteiger partial charge < -0.3 is 10.0 Å². The van der Waals surface area contributed by atoms with Crippen LogP contribution in [0.4, 0.5) is 5.69 Å². The van der Waals surface area contributed by atoms with E-state index in [9.17, 15) is 4.79 Å². The average molecular weight is 233 g/mol. The van der Waals surface area contributed by atoms with Gasteiger partial charge in [-0.25, -0.2) is 4.79 Å². The number of carbonyl (C=O) groups is 1. The van der Waals surface area contributed by atoms with Crippen LogP contribution in [0.3, 0.4) is 0 Å². The lowest BCUT2D eigenvalue weighted by Crippen LogP contribution is -2.24. The fourth-order valence-electron chi connectivity index (χ4n) is 1.92. The van der Waals surface area contributed by atoms with Gasteiger partial charge in [-0.05, 0) is 32.4 Å². The van der Waals surface area contributed by atoms with E-state index in [4.69, 9.17) is 5.11 Å². The van der Waals surface area contributed by atoms with Gasteiger partial charge in [-0.15, -0.1) is 0 Å². The molecule has 0 bridgehead atoms. The maximum absolute atomic E-state index is 11.1. The molecule has 0 aromatic heterocycles. The van der Waals surface area contributed by atoms with Gasteiger partial charge in [0.05, 0.1) is 5.57 Å². The highest BCUT2D eigenvalue weighted by molar-refractivity contribution is 5.87. The number of allylic oxidation sites excluding steroid dienone is 1. The minimum Gasteiger partial charge on any atom is -0.478 e. The summed E-state index contributed by atoms with van der Waals surface area (Å²) >= 11 is 0. The predicted molar refractivity (Wildman–Crippen MR) is 70.1 cm³/mol. The third-order valence-corrected chi connectivity index (χ3v) is 2.80. The number of rotatable bonds is 5.